The van der Waals surface area contributed by atoms with Crippen molar-refractivity contribution >= 4 is 35.3 Å². The molecule has 2 atom stereocenters. The summed E-state index contributed by atoms with van der Waals surface area (Å²) in [6, 6.07) is -1.39. The molecule has 0 fully saturated rings. The maximum absolute atomic E-state index is 11.2. The molecule has 19 heavy (non-hydrogen) atoms. The molecule has 0 aromatic rings. The van der Waals surface area contributed by atoms with Gasteiger partial charge < -0.3 is 25.1 Å². The molecule has 1 amide bonds. The van der Waals surface area contributed by atoms with E-state index in [0.717, 1.165) is 11.8 Å². The zero-order valence-electron chi connectivity index (χ0n) is 10.2. The molecule has 7 nitrogen and oxygen atoms in total. The van der Waals surface area contributed by atoms with Crippen LogP contribution in [0.15, 0.2) is 17.1 Å². The monoisotopic (exact) mass is 284 g/mol. The first-order valence-electron chi connectivity index (χ1n) is 5.46. The molecule has 1 rings (SSSR count). The van der Waals surface area contributed by atoms with Crippen LogP contribution >= 0.6 is 11.8 Å². The second-order valence-corrected chi connectivity index (χ2v) is 4.89. The number of thioether (sulfide) groups is 1. The second kappa shape index (κ2) is 6.37. The summed E-state index contributed by atoms with van der Waals surface area (Å²) < 4.78 is 0. The van der Waals surface area contributed by atoms with E-state index >= 15 is 0 Å². The SMILES string of the molecule is C=C1CSC(C(NC(=O)CC)C(=O)[O-])N=C1C(=O)[O-]. The number of carbonyl (C=O) groups excluding carboxylic acids is 3. The van der Waals surface area contributed by atoms with Gasteiger partial charge in [-0.1, -0.05) is 13.5 Å². The maximum atomic E-state index is 11.2. The Morgan fingerprint density at radius 3 is 2.63 bits per heavy atom. The first kappa shape index (κ1) is 15.2. The number of carboxylic acids is 2. The molecule has 0 saturated heterocycles. The van der Waals surface area contributed by atoms with E-state index < -0.39 is 29.3 Å². The summed E-state index contributed by atoms with van der Waals surface area (Å²) in [7, 11) is 0. The highest BCUT2D eigenvalue weighted by molar-refractivity contribution is 8.00. The summed E-state index contributed by atoms with van der Waals surface area (Å²) in [5, 5.41) is 23.1. The molecule has 1 aliphatic rings. The molecular weight excluding hydrogens is 272 g/mol. The lowest BCUT2D eigenvalue weighted by molar-refractivity contribution is -0.308. The van der Waals surface area contributed by atoms with Crippen molar-refractivity contribution in [1.29, 1.82) is 0 Å². The van der Waals surface area contributed by atoms with E-state index in [1.54, 1.807) is 6.92 Å². The predicted molar refractivity (Wildman–Crippen MR) is 65.1 cm³/mol. The third kappa shape index (κ3) is 3.82. The molecule has 0 radical (unpaired) electrons. The minimum absolute atomic E-state index is 0.102. The van der Waals surface area contributed by atoms with Gasteiger partial charge in [-0.3, -0.25) is 9.79 Å². The molecule has 1 N–H and O–H groups in total. The lowest BCUT2D eigenvalue weighted by atomic mass is 10.2. The van der Waals surface area contributed by atoms with Crippen LogP contribution in [0.1, 0.15) is 13.3 Å². The summed E-state index contributed by atoms with van der Waals surface area (Å²) >= 11 is 1.07. The van der Waals surface area contributed by atoms with Crippen LogP contribution in [-0.2, 0) is 14.4 Å². The maximum Gasteiger partial charge on any atom is 0.220 e. The minimum atomic E-state index is -1.52. The van der Waals surface area contributed by atoms with Crippen LogP contribution < -0.4 is 15.5 Å². The van der Waals surface area contributed by atoms with Crippen molar-refractivity contribution in [2.24, 2.45) is 4.99 Å². The lowest BCUT2D eigenvalue weighted by Gasteiger charge is -2.30. The Morgan fingerprint density at radius 1 is 1.53 bits per heavy atom. The third-order valence-electron chi connectivity index (χ3n) is 2.39. The summed E-state index contributed by atoms with van der Waals surface area (Å²) in [5.41, 5.74) is -0.124. The Kier molecular flexibility index (Phi) is 5.11. The van der Waals surface area contributed by atoms with Gasteiger partial charge in [-0.15, -0.1) is 11.8 Å². The van der Waals surface area contributed by atoms with Gasteiger partial charge in [0, 0.05) is 12.2 Å². The number of nitrogens with one attached hydrogen (secondary N) is 1. The van der Waals surface area contributed by atoms with Crippen molar-refractivity contribution in [1.82, 2.24) is 5.32 Å². The highest BCUT2D eigenvalue weighted by Gasteiger charge is 2.28. The average molecular weight is 284 g/mol. The quantitative estimate of drug-likeness (QED) is 0.593. The van der Waals surface area contributed by atoms with E-state index in [-0.39, 0.29) is 23.5 Å². The fraction of sp³-hybridized carbons (Fsp3) is 0.455. The minimum Gasteiger partial charge on any atom is -0.548 e. The van der Waals surface area contributed by atoms with Crippen LogP contribution in [0.4, 0.5) is 0 Å². The summed E-state index contributed by atoms with van der Waals surface area (Å²) in [4.78, 5) is 36.8. The molecular formula is C11H12N2O5S-2. The Labute approximate surface area is 113 Å². The molecule has 0 aliphatic carbocycles. The normalized spacial score (nSPS) is 20.4. The van der Waals surface area contributed by atoms with Crippen LogP contribution in [0.2, 0.25) is 0 Å². The number of amides is 1. The van der Waals surface area contributed by atoms with Crippen LogP contribution in [0.25, 0.3) is 0 Å². The van der Waals surface area contributed by atoms with Gasteiger partial charge in [-0.25, -0.2) is 0 Å². The van der Waals surface area contributed by atoms with Gasteiger partial charge >= 0.3 is 0 Å². The molecule has 0 aromatic carbocycles. The largest absolute Gasteiger partial charge is 0.548 e. The number of aliphatic carboxylic acids is 2. The highest BCUT2D eigenvalue weighted by Crippen LogP contribution is 2.25. The molecule has 2 unspecified atom stereocenters. The Bertz CT molecular complexity index is 460. The summed E-state index contributed by atoms with van der Waals surface area (Å²) in [6.07, 6.45) is 0.102. The van der Waals surface area contributed by atoms with Crippen LogP contribution in [0.5, 0.6) is 0 Å². The van der Waals surface area contributed by atoms with Crippen molar-refractivity contribution in [3.8, 4) is 0 Å². The van der Waals surface area contributed by atoms with Gasteiger partial charge in [0.05, 0.1) is 17.7 Å². The van der Waals surface area contributed by atoms with E-state index in [9.17, 15) is 24.6 Å². The van der Waals surface area contributed by atoms with E-state index in [0.29, 0.717) is 0 Å². The number of carboxylic acid groups (broad SMARTS) is 2. The zero-order valence-corrected chi connectivity index (χ0v) is 11.0. The Hall–Kier alpha value is -1.83. The molecule has 8 heteroatoms. The van der Waals surface area contributed by atoms with Crippen LogP contribution in [0, 0.1) is 0 Å². The molecule has 1 aliphatic heterocycles. The van der Waals surface area contributed by atoms with E-state index in [2.05, 4.69) is 16.9 Å². The van der Waals surface area contributed by atoms with E-state index in [1.165, 1.54) is 0 Å². The second-order valence-electron chi connectivity index (χ2n) is 3.79. The highest BCUT2D eigenvalue weighted by atomic mass is 32.2. The van der Waals surface area contributed by atoms with Gasteiger partial charge in [0.15, 0.2) is 0 Å². The van der Waals surface area contributed by atoms with Gasteiger partial charge in [0.1, 0.15) is 11.4 Å². The standard InChI is InChI=1S/C11H14N2O5S/c1-3-6(14)12-8(11(17)18)9-13-7(10(15)16)5(2)4-19-9/h8-9H,2-4H2,1H3,(H,12,14)(H,15,16)(H,17,18)/p-2. The molecule has 0 bridgehead atoms. The predicted octanol–water partition coefficient (Wildman–Crippen LogP) is -2.55. The van der Waals surface area contributed by atoms with E-state index in [4.69, 9.17) is 0 Å². The Morgan fingerprint density at radius 2 is 2.16 bits per heavy atom. The fourth-order valence-corrected chi connectivity index (χ4v) is 2.46. The van der Waals surface area contributed by atoms with Gasteiger partial charge in [-0.05, 0) is 5.57 Å². The van der Waals surface area contributed by atoms with E-state index in [1.807, 2.05) is 0 Å². The fourth-order valence-electron chi connectivity index (χ4n) is 1.40. The van der Waals surface area contributed by atoms with Gasteiger partial charge in [-0.2, -0.15) is 0 Å². The zero-order chi connectivity index (χ0) is 14.6. The van der Waals surface area contributed by atoms with Crippen LogP contribution in [-0.4, -0.2) is 40.7 Å². The van der Waals surface area contributed by atoms with Crippen molar-refractivity contribution in [2.75, 3.05) is 5.75 Å². The first-order chi connectivity index (χ1) is 8.86. The van der Waals surface area contributed by atoms with Crippen molar-refractivity contribution in [3.05, 3.63) is 12.2 Å². The number of aliphatic imine (C=N–C) groups is 1. The first-order valence-corrected chi connectivity index (χ1v) is 6.50. The average Bonchev–Trinajstić information content (AvgIpc) is 2.35. The Balaban J connectivity index is 2.97. The number of hydrogen-bond acceptors (Lipinski definition) is 7. The number of hydrogen-bond donors (Lipinski definition) is 1. The summed E-state index contributed by atoms with van der Waals surface area (Å²) in [5.74, 6) is -3.32. The van der Waals surface area contributed by atoms with Crippen molar-refractivity contribution in [2.45, 2.75) is 24.8 Å². The molecule has 104 valence electrons. The van der Waals surface area contributed by atoms with Gasteiger partial charge in [0.2, 0.25) is 5.91 Å². The van der Waals surface area contributed by atoms with Crippen molar-refractivity contribution in [3.63, 3.8) is 0 Å². The van der Waals surface area contributed by atoms with Crippen molar-refractivity contribution < 1.29 is 24.6 Å². The van der Waals surface area contributed by atoms with Crippen LogP contribution in [0.3, 0.4) is 0 Å². The molecule has 0 spiro atoms. The summed E-state index contributed by atoms with van der Waals surface area (Å²) in [6.45, 7) is 5.07. The number of nitrogens with zero attached hydrogens (tertiary/aromatic N) is 1. The molecule has 0 aromatic heterocycles. The van der Waals surface area contributed by atoms with Gasteiger partial charge in [0.25, 0.3) is 0 Å². The number of carbonyl (C=O) groups is 3. The molecule has 1 heterocycles. The third-order valence-corrected chi connectivity index (χ3v) is 3.62. The molecule has 0 saturated carbocycles. The smallest absolute Gasteiger partial charge is 0.220 e. The lowest BCUT2D eigenvalue weighted by Crippen LogP contribution is -2.54. The number of rotatable bonds is 5. The topological polar surface area (TPSA) is 122 Å².